The number of fused-ring (bicyclic) bond motifs is 1. The molecule has 1 aliphatic heterocycles. The van der Waals surface area contributed by atoms with E-state index in [0.29, 0.717) is 26.3 Å². The Balaban J connectivity index is 1.46. The van der Waals surface area contributed by atoms with Gasteiger partial charge in [0.2, 0.25) is 11.6 Å². The molecule has 41 heavy (non-hydrogen) atoms. The second kappa shape index (κ2) is 11.3. The van der Waals surface area contributed by atoms with E-state index in [1.165, 1.54) is 57.7 Å². The average molecular weight is 595 g/mol. The smallest absolute Gasteiger partial charge is 0.363 e. The Morgan fingerprint density at radius 2 is 1.73 bits per heavy atom. The van der Waals surface area contributed by atoms with Crippen LogP contribution in [0.5, 0.6) is 23.0 Å². The monoisotopic (exact) mass is 594 g/mol. The molecule has 0 saturated carbocycles. The van der Waals surface area contributed by atoms with Crippen LogP contribution >= 0.6 is 22.9 Å². The van der Waals surface area contributed by atoms with Gasteiger partial charge in [-0.25, -0.2) is 14.6 Å². The number of thiophene rings is 1. The van der Waals surface area contributed by atoms with Gasteiger partial charge in [0, 0.05) is 27.8 Å². The van der Waals surface area contributed by atoms with Gasteiger partial charge in [-0.3, -0.25) is 10.1 Å². The van der Waals surface area contributed by atoms with Crippen LogP contribution in [0.1, 0.15) is 20.8 Å². The lowest BCUT2D eigenvalue weighted by Crippen LogP contribution is -2.10. The van der Waals surface area contributed by atoms with E-state index in [0.717, 1.165) is 11.3 Å². The molecule has 0 unspecified atom stereocenters. The van der Waals surface area contributed by atoms with Crippen molar-refractivity contribution in [2.45, 2.75) is 0 Å². The Morgan fingerprint density at radius 3 is 2.39 bits per heavy atom. The van der Waals surface area contributed by atoms with Gasteiger partial charge in [-0.05, 0) is 30.3 Å². The quantitative estimate of drug-likeness (QED) is 0.0784. The van der Waals surface area contributed by atoms with Gasteiger partial charge < -0.3 is 23.7 Å². The van der Waals surface area contributed by atoms with Crippen LogP contribution in [-0.4, -0.2) is 44.1 Å². The minimum absolute atomic E-state index is 0.0398. The molecule has 0 bridgehead atoms. The number of benzene rings is 3. The number of nitro benzene ring substituents is 1. The fourth-order valence-corrected chi connectivity index (χ4v) is 5.48. The first-order chi connectivity index (χ1) is 19.7. The number of para-hydroxylation sites is 1. The zero-order valence-corrected chi connectivity index (χ0v) is 23.2. The van der Waals surface area contributed by atoms with Crippen LogP contribution in [0.25, 0.3) is 16.2 Å². The number of cyclic esters (lactones) is 1. The molecule has 0 fully saturated rings. The number of aliphatic imine (C=N–C) groups is 1. The van der Waals surface area contributed by atoms with E-state index in [2.05, 4.69) is 4.99 Å². The minimum Gasteiger partial charge on any atom is -0.493 e. The molecule has 0 aliphatic carbocycles. The Bertz CT molecular complexity index is 1770. The van der Waals surface area contributed by atoms with Crippen molar-refractivity contribution in [1.29, 1.82) is 0 Å². The highest BCUT2D eigenvalue weighted by molar-refractivity contribution is 7.21. The van der Waals surface area contributed by atoms with Crippen LogP contribution in [0.3, 0.4) is 0 Å². The molecule has 0 radical (unpaired) electrons. The number of carbonyl (C=O) groups excluding carboxylic acids is 2. The van der Waals surface area contributed by atoms with E-state index in [1.807, 2.05) is 0 Å². The number of esters is 2. The van der Waals surface area contributed by atoms with E-state index in [9.17, 15) is 19.7 Å². The van der Waals surface area contributed by atoms with Crippen molar-refractivity contribution < 1.29 is 38.2 Å². The van der Waals surface area contributed by atoms with E-state index >= 15 is 0 Å². The van der Waals surface area contributed by atoms with Crippen LogP contribution in [0.15, 0.2) is 65.3 Å². The molecule has 5 rings (SSSR count). The van der Waals surface area contributed by atoms with Crippen molar-refractivity contribution in [3.05, 3.63) is 91.4 Å². The van der Waals surface area contributed by atoms with Gasteiger partial charge in [-0.2, -0.15) is 0 Å². The number of non-ortho nitro benzene ring substituents is 1. The van der Waals surface area contributed by atoms with Crippen LogP contribution < -0.4 is 18.9 Å². The lowest BCUT2D eigenvalue weighted by molar-refractivity contribution is -0.384. The fraction of sp³-hybridized carbons (Fsp3) is 0.107. The first-order valence-electron chi connectivity index (χ1n) is 11.7. The number of hydrogen-bond acceptors (Lipinski definition) is 11. The number of rotatable bonds is 8. The standard InChI is InChI=1S/C28H19ClN2O9S/c1-36-20-11-15(12-21(37-2)24(20)38-3)27(32)39-19-7-5-4-6-14(19)10-18-28(33)40-26(30-18)25-23(29)17-9-8-16(31(34)35)13-22(17)41-25/h4-13H,1-3H3/b18-10+. The number of hydrogen-bond donors (Lipinski definition) is 0. The number of ether oxygens (including phenoxy) is 5. The van der Waals surface area contributed by atoms with Crippen molar-refractivity contribution in [2.75, 3.05) is 21.3 Å². The summed E-state index contributed by atoms with van der Waals surface area (Å²) >= 11 is 7.60. The topological polar surface area (TPSA) is 136 Å². The van der Waals surface area contributed by atoms with Crippen molar-refractivity contribution in [3.8, 4) is 23.0 Å². The highest BCUT2D eigenvalue weighted by Crippen LogP contribution is 2.40. The predicted molar refractivity (Wildman–Crippen MR) is 152 cm³/mol. The van der Waals surface area contributed by atoms with Crippen LogP contribution in [0, 0.1) is 10.1 Å². The summed E-state index contributed by atoms with van der Waals surface area (Å²) in [6.45, 7) is 0. The highest BCUT2D eigenvalue weighted by atomic mass is 35.5. The van der Waals surface area contributed by atoms with Crippen molar-refractivity contribution in [3.63, 3.8) is 0 Å². The molecular weight excluding hydrogens is 576 g/mol. The summed E-state index contributed by atoms with van der Waals surface area (Å²) in [7, 11) is 4.31. The van der Waals surface area contributed by atoms with E-state index in [4.69, 9.17) is 35.3 Å². The summed E-state index contributed by atoms with van der Waals surface area (Å²) in [5, 5.41) is 12.0. The van der Waals surface area contributed by atoms with Gasteiger partial charge in [0.05, 0.1) is 36.8 Å². The highest BCUT2D eigenvalue weighted by Gasteiger charge is 2.29. The molecular formula is C28H19ClN2O9S. The lowest BCUT2D eigenvalue weighted by atomic mass is 10.1. The van der Waals surface area contributed by atoms with Gasteiger partial charge in [0.1, 0.15) is 10.6 Å². The van der Waals surface area contributed by atoms with Gasteiger partial charge >= 0.3 is 11.9 Å². The maximum absolute atomic E-state index is 13.1. The molecule has 3 aromatic carbocycles. The maximum Gasteiger partial charge on any atom is 0.363 e. The Kier molecular flexibility index (Phi) is 7.60. The normalized spacial score (nSPS) is 13.6. The third kappa shape index (κ3) is 5.30. The maximum atomic E-state index is 13.1. The summed E-state index contributed by atoms with van der Waals surface area (Å²) in [5.74, 6) is -0.463. The fourth-order valence-electron chi connectivity index (χ4n) is 4.01. The average Bonchev–Trinajstić information content (AvgIpc) is 3.51. The third-order valence-corrected chi connectivity index (χ3v) is 7.60. The van der Waals surface area contributed by atoms with Gasteiger partial charge in [0.15, 0.2) is 17.2 Å². The minimum atomic E-state index is -0.745. The molecule has 13 heteroatoms. The second-order valence-corrected chi connectivity index (χ2v) is 9.79. The van der Waals surface area contributed by atoms with Gasteiger partial charge in [0.25, 0.3) is 5.69 Å². The summed E-state index contributed by atoms with van der Waals surface area (Å²) in [6.07, 6.45) is 1.42. The second-order valence-electron chi connectivity index (χ2n) is 8.36. The molecule has 2 heterocycles. The van der Waals surface area contributed by atoms with E-state index in [-0.39, 0.29) is 45.1 Å². The molecule has 0 saturated heterocycles. The first-order valence-corrected chi connectivity index (χ1v) is 12.9. The van der Waals surface area contributed by atoms with Crippen molar-refractivity contribution in [1.82, 2.24) is 0 Å². The van der Waals surface area contributed by atoms with Crippen molar-refractivity contribution in [2.24, 2.45) is 4.99 Å². The SMILES string of the molecule is COc1cc(C(=O)Oc2ccccc2/C=C2/N=C(c3sc4cc([N+](=O)[O-])ccc4c3Cl)OC2=O)cc(OC)c1OC. The summed E-state index contributed by atoms with van der Waals surface area (Å²) in [4.78, 5) is 41.1. The predicted octanol–water partition coefficient (Wildman–Crippen LogP) is 6.05. The molecule has 0 atom stereocenters. The Hall–Kier alpha value is -4.94. The molecule has 0 amide bonds. The third-order valence-electron chi connectivity index (χ3n) is 5.95. The van der Waals surface area contributed by atoms with Crippen LogP contribution in [0.4, 0.5) is 5.69 Å². The number of nitro groups is 1. The zero-order chi connectivity index (χ0) is 29.3. The lowest BCUT2D eigenvalue weighted by Gasteiger charge is -2.14. The van der Waals surface area contributed by atoms with Crippen LogP contribution in [0.2, 0.25) is 5.02 Å². The Labute approximate surface area is 241 Å². The summed E-state index contributed by atoms with van der Waals surface area (Å²) in [6, 6.07) is 13.7. The zero-order valence-electron chi connectivity index (χ0n) is 21.6. The molecule has 208 valence electrons. The molecule has 1 aromatic heterocycles. The number of nitrogens with zero attached hydrogens (tertiary/aromatic N) is 2. The summed E-state index contributed by atoms with van der Waals surface area (Å²) < 4.78 is 27.5. The molecule has 4 aromatic rings. The van der Waals surface area contributed by atoms with Crippen molar-refractivity contribution >= 4 is 62.6 Å². The van der Waals surface area contributed by atoms with E-state index in [1.54, 1.807) is 24.3 Å². The van der Waals surface area contributed by atoms with Gasteiger partial charge in [-0.15, -0.1) is 11.3 Å². The molecule has 11 nitrogen and oxygen atoms in total. The van der Waals surface area contributed by atoms with Crippen LogP contribution in [-0.2, 0) is 9.53 Å². The molecule has 1 aliphatic rings. The number of methoxy groups -OCH3 is 3. The largest absolute Gasteiger partial charge is 0.493 e. The first kappa shape index (κ1) is 27.6. The van der Waals surface area contributed by atoms with E-state index < -0.39 is 16.9 Å². The number of halogens is 1. The number of carbonyl (C=O) groups is 2. The molecule has 0 N–H and O–H groups in total. The van der Waals surface area contributed by atoms with Gasteiger partial charge in [-0.1, -0.05) is 29.8 Å². The Morgan fingerprint density at radius 1 is 1.02 bits per heavy atom. The molecule has 0 spiro atoms. The summed E-state index contributed by atoms with van der Waals surface area (Å²) in [5.41, 5.74) is 0.367.